The Bertz CT molecular complexity index is 971. The molecule has 0 bridgehead atoms. The van der Waals surface area contributed by atoms with Gasteiger partial charge in [-0.1, -0.05) is 6.07 Å². The van der Waals surface area contributed by atoms with E-state index in [1.165, 1.54) is 42.5 Å². The molecule has 3 rings (SSSR count). The molecule has 10 heteroatoms. The summed E-state index contributed by atoms with van der Waals surface area (Å²) in [5.74, 6) is -0.636. The van der Waals surface area contributed by atoms with Crippen molar-refractivity contribution in [1.82, 2.24) is 0 Å². The number of thioether (sulfide) groups is 1. The maximum absolute atomic E-state index is 12.9. The Labute approximate surface area is 154 Å². The van der Waals surface area contributed by atoms with Gasteiger partial charge in [0.25, 0.3) is 11.6 Å². The third-order valence-electron chi connectivity index (χ3n) is 3.66. The van der Waals surface area contributed by atoms with E-state index in [4.69, 9.17) is 5.41 Å². The van der Waals surface area contributed by atoms with Crippen molar-refractivity contribution < 1.29 is 22.9 Å². The van der Waals surface area contributed by atoms with E-state index in [1.54, 1.807) is 0 Å². The van der Waals surface area contributed by atoms with Crippen molar-refractivity contribution in [3.8, 4) is 0 Å². The van der Waals surface area contributed by atoms with Gasteiger partial charge in [-0.25, -0.2) is 0 Å². The summed E-state index contributed by atoms with van der Waals surface area (Å²) in [7, 11) is 0. The lowest BCUT2D eigenvalue weighted by molar-refractivity contribution is -0.384. The van der Waals surface area contributed by atoms with Crippen LogP contribution in [0, 0.1) is 15.5 Å². The van der Waals surface area contributed by atoms with Gasteiger partial charge in [0.1, 0.15) is 0 Å². The summed E-state index contributed by atoms with van der Waals surface area (Å²) in [5.41, 5.74) is -0.589. The number of halogens is 3. The smallest absolute Gasteiger partial charge is 0.278 e. The van der Waals surface area contributed by atoms with Crippen LogP contribution < -0.4 is 4.90 Å². The van der Waals surface area contributed by atoms with E-state index in [9.17, 15) is 28.1 Å². The van der Waals surface area contributed by atoms with E-state index in [-0.39, 0.29) is 21.4 Å². The minimum Gasteiger partial charge on any atom is -0.278 e. The fourth-order valence-corrected chi connectivity index (χ4v) is 3.25. The van der Waals surface area contributed by atoms with E-state index in [0.29, 0.717) is 5.56 Å². The number of rotatable bonds is 3. The van der Waals surface area contributed by atoms with Crippen LogP contribution in [0.2, 0.25) is 0 Å². The van der Waals surface area contributed by atoms with Crippen LogP contribution in [0.5, 0.6) is 0 Å². The number of carbonyl (C=O) groups is 1. The van der Waals surface area contributed by atoms with E-state index < -0.39 is 22.6 Å². The van der Waals surface area contributed by atoms with Gasteiger partial charge in [-0.15, -0.1) is 0 Å². The van der Waals surface area contributed by atoms with Crippen molar-refractivity contribution in [2.45, 2.75) is 6.18 Å². The number of amidine groups is 1. The number of nitro groups is 1. The van der Waals surface area contributed by atoms with Crippen LogP contribution in [0.1, 0.15) is 11.1 Å². The van der Waals surface area contributed by atoms with Crippen molar-refractivity contribution in [2.24, 2.45) is 0 Å². The second-order valence-corrected chi connectivity index (χ2v) is 6.48. The number of nitrogens with zero attached hydrogens (tertiary/aromatic N) is 2. The zero-order chi connectivity index (χ0) is 19.8. The summed E-state index contributed by atoms with van der Waals surface area (Å²) < 4.78 is 38.6. The van der Waals surface area contributed by atoms with Gasteiger partial charge >= 0.3 is 6.18 Å². The zero-order valence-electron chi connectivity index (χ0n) is 13.4. The molecule has 1 aliphatic heterocycles. The fraction of sp³-hybridized carbons (Fsp3) is 0.0588. The number of carbonyl (C=O) groups excluding carboxylic acids is 1. The van der Waals surface area contributed by atoms with Crippen LogP contribution in [0.3, 0.4) is 0 Å². The number of hydrogen-bond donors (Lipinski definition) is 1. The van der Waals surface area contributed by atoms with Crippen LogP contribution in [-0.2, 0) is 11.0 Å². The minimum absolute atomic E-state index is 0.0561. The molecule has 1 N–H and O–H groups in total. The molecule has 6 nitrogen and oxygen atoms in total. The van der Waals surface area contributed by atoms with E-state index in [1.807, 2.05) is 0 Å². The van der Waals surface area contributed by atoms with Crippen molar-refractivity contribution in [3.05, 3.63) is 74.7 Å². The normalized spacial score (nSPS) is 16.3. The monoisotopic (exact) mass is 393 g/mol. The van der Waals surface area contributed by atoms with E-state index >= 15 is 0 Å². The highest BCUT2D eigenvalue weighted by molar-refractivity contribution is 8.19. The number of nitrogens with one attached hydrogen (secondary N) is 1. The summed E-state index contributed by atoms with van der Waals surface area (Å²) in [4.78, 5) is 23.7. The first-order valence-electron chi connectivity index (χ1n) is 7.41. The molecule has 0 aliphatic carbocycles. The maximum atomic E-state index is 12.9. The Balaban J connectivity index is 1.90. The molecule has 0 spiro atoms. The average Bonchev–Trinajstić information content (AvgIpc) is 2.88. The molecule has 2 aromatic rings. The molecule has 1 saturated heterocycles. The standard InChI is InChI=1S/C17H10F3N3O3S/c18-17(19,20)11-2-1-3-13(9-11)22-15(24)14(27-16(22)21)8-10-4-6-12(7-5-10)23(25)26/h1-9,21H/b14-8-,21-16?. The van der Waals surface area contributed by atoms with Crippen molar-refractivity contribution in [1.29, 1.82) is 5.41 Å². The Morgan fingerprint density at radius 1 is 1.15 bits per heavy atom. The third kappa shape index (κ3) is 3.85. The first-order valence-corrected chi connectivity index (χ1v) is 8.23. The van der Waals surface area contributed by atoms with Crippen LogP contribution in [0.4, 0.5) is 24.5 Å². The van der Waals surface area contributed by atoms with Crippen molar-refractivity contribution >= 4 is 40.3 Å². The Morgan fingerprint density at radius 3 is 2.41 bits per heavy atom. The van der Waals surface area contributed by atoms with E-state index in [2.05, 4.69) is 0 Å². The van der Waals surface area contributed by atoms with Crippen LogP contribution in [0.15, 0.2) is 53.4 Å². The quantitative estimate of drug-likeness (QED) is 0.466. The SMILES string of the molecule is N=C1S/C(=C\c2ccc([N+](=O)[O-])cc2)C(=O)N1c1cccc(C(F)(F)F)c1. The van der Waals surface area contributed by atoms with Gasteiger partial charge in [-0.3, -0.25) is 25.2 Å². The van der Waals surface area contributed by atoms with E-state index in [0.717, 1.165) is 28.8 Å². The molecule has 0 aromatic heterocycles. The summed E-state index contributed by atoms with van der Waals surface area (Å²) in [5, 5.41) is 18.4. The molecule has 27 heavy (non-hydrogen) atoms. The first kappa shape index (κ1) is 18.6. The van der Waals surface area contributed by atoms with Crippen LogP contribution >= 0.6 is 11.8 Å². The van der Waals surface area contributed by atoms with Gasteiger partial charge in [-0.05, 0) is 53.7 Å². The topological polar surface area (TPSA) is 87.3 Å². The first-order chi connectivity index (χ1) is 12.7. The summed E-state index contributed by atoms with van der Waals surface area (Å²) in [6.45, 7) is 0. The average molecular weight is 393 g/mol. The highest BCUT2D eigenvalue weighted by Gasteiger charge is 2.36. The molecule has 0 saturated carbocycles. The molecule has 0 radical (unpaired) electrons. The largest absolute Gasteiger partial charge is 0.416 e. The number of nitro benzene ring substituents is 1. The number of non-ortho nitro benzene ring substituents is 1. The summed E-state index contributed by atoms with van der Waals surface area (Å²) in [6.07, 6.45) is -3.13. The van der Waals surface area contributed by atoms with Gasteiger partial charge in [-0.2, -0.15) is 13.2 Å². The predicted molar refractivity (Wildman–Crippen MR) is 95.3 cm³/mol. The van der Waals surface area contributed by atoms with Gasteiger partial charge in [0.05, 0.1) is 21.1 Å². The van der Waals surface area contributed by atoms with Crippen molar-refractivity contribution in [2.75, 3.05) is 4.90 Å². The second kappa shape index (κ2) is 6.88. The van der Waals surface area contributed by atoms with Crippen molar-refractivity contribution in [3.63, 3.8) is 0 Å². The lowest BCUT2D eigenvalue weighted by Gasteiger charge is -2.16. The third-order valence-corrected chi connectivity index (χ3v) is 4.55. The molecule has 0 atom stereocenters. The highest BCUT2D eigenvalue weighted by atomic mass is 32.2. The Morgan fingerprint density at radius 2 is 1.81 bits per heavy atom. The van der Waals surface area contributed by atoms with Crippen LogP contribution in [0.25, 0.3) is 6.08 Å². The van der Waals surface area contributed by atoms with Gasteiger partial charge in [0.2, 0.25) is 0 Å². The minimum atomic E-state index is -4.56. The lowest BCUT2D eigenvalue weighted by atomic mass is 10.1. The molecule has 0 unspecified atom stereocenters. The molecule has 138 valence electrons. The van der Waals surface area contributed by atoms with Gasteiger partial charge < -0.3 is 0 Å². The molecule has 1 heterocycles. The summed E-state index contributed by atoms with van der Waals surface area (Å²) >= 11 is 0.801. The number of alkyl halides is 3. The molecule has 1 aliphatic rings. The Kier molecular flexibility index (Phi) is 4.75. The maximum Gasteiger partial charge on any atom is 0.416 e. The fourth-order valence-electron chi connectivity index (χ4n) is 2.39. The van der Waals surface area contributed by atoms with Gasteiger partial charge in [0.15, 0.2) is 5.17 Å². The number of hydrogen-bond acceptors (Lipinski definition) is 5. The number of benzene rings is 2. The van der Waals surface area contributed by atoms with Crippen LogP contribution in [-0.4, -0.2) is 16.0 Å². The second-order valence-electron chi connectivity index (χ2n) is 5.45. The Hall–Kier alpha value is -3.14. The molecular formula is C17H10F3N3O3S. The lowest BCUT2D eigenvalue weighted by Crippen LogP contribution is -2.28. The molecular weight excluding hydrogens is 383 g/mol. The molecule has 1 fully saturated rings. The zero-order valence-corrected chi connectivity index (χ0v) is 14.2. The number of amides is 1. The highest BCUT2D eigenvalue weighted by Crippen LogP contribution is 2.37. The molecule has 1 amide bonds. The number of anilines is 1. The van der Waals surface area contributed by atoms with Gasteiger partial charge in [0, 0.05) is 12.1 Å². The predicted octanol–water partition coefficient (Wildman–Crippen LogP) is 4.67. The molecule has 2 aromatic carbocycles. The summed E-state index contributed by atoms with van der Waals surface area (Å²) in [6, 6.07) is 9.60.